The van der Waals surface area contributed by atoms with Crippen LogP contribution in [0.25, 0.3) is 17.0 Å². The molecule has 4 aromatic rings. The zero-order chi connectivity index (χ0) is 22.2. The number of terminal acetylenes is 1. The van der Waals surface area contributed by atoms with Gasteiger partial charge in [0, 0.05) is 17.9 Å². The largest absolute Gasteiger partial charge is 0.493 e. The topological polar surface area (TPSA) is 120 Å². The maximum absolute atomic E-state index is 12.7. The molecule has 1 aliphatic heterocycles. The van der Waals surface area contributed by atoms with E-state index in [1.54, 1.807) is 24.2 Å². The summed E-state index contributed by atoms with van der Waals surface area (Å²) in [5.41, 5.74) is 3.75. The van der Waals surface area contributed by atoms with Crippen LogP contribution in [-0.2, 0) is 4.79 Å². The number of anilines is 1. The molecule has 3 aromatic heterocycles. The molecule has 1 unspecified atom stereocenters. The van der Waals surface area contributed by atoms with Gasteiger partial charge in [0.2, 0.25) is 5.91 Å². The highest BCUT2D eigenvalue weighted by Crippen LogP contribution is 2.42. The molecule has 10 nitrogen and oxygen atoms in total. The summed E-state index contributed by atoms with van der Waals surface area (Å²) in [7, 11) is 1.56. The zero-order valence-corrected chi connectivity index (χ0v) is 17.4. The number of methoxy groups -OCH3 is 1. The summed E-state index contributed by atoms with van der Waals surface area (Å²) in [6, 6.07) is 5.58. The Morgan fingerprint density at radius 1 is 1.28 bits per heavy atom. The number of nitrogens with one attached hydrogen (secondary N) is 2. The quantitative estimate of drug-likeness (QED) is 0.467. The predicted octanol–water partition coefficient (Wildman–Crippen LogP) is 2.34. The number of nitrogens with zero attached hydrogens (tertiary/aromatic N) is 5. The van der Waals surface area contributed by atoms with E-state index in [0.717, 1.165) is 16.8 Å². The van der Waals surface area contributed by atoms with Crippen molar-refractivity contribution in [3.8, 4) is 29.7 Å². The number of aryl methyl sites for hydroxylation is 1. The Morgan fingerprint density at radius 2 is 2.16 bits per heavy atom. The number of rotatable bonds is 5. The lowest BCUT2D eigenvalue weighted by atomic mass is 9.85. The summed E-state index contributed by atoms with van der Waals surface area (Å²) in [4.78, 5) is 28.4. The van der Waals surface area contributed by atoms with Crippen molar-refractivity contribution in [3.63, 3.8) is 0 Å². The third-order valence-corrected chi connectivity index (χ3v) is 5.41. The molecule has 0 saturated carbocycles. The van der Waals surface area contributed by atoms with E-state index in [1.807, 2.05) is 19.1 Å². The molecule has 0 spiro atoms. The number of benzene rings is 1. The first-order valence-electron chi connectivity index (χ1n) is 9.88. The minimum Gasteiger partial charge on any atom is -0.493 e. The highest BCUT2D eigenvalue weighted by Gasteiger charge is 2.34. The van der Waals surface area contributed by atoms with Gasteiger partial charge in [0.15, 0.2) is 23.0 Å². The van der Waals surface area contributed by atoms with Gasteiger partial charge < -0.3 is 19.8 Å². The molecule has 1 atom stereocenters. The molecular formula is C22H19N7O3. The van der Waals surface area contributed by atoms with Gasteiger partial charge in [-0.1, -0.05) is 12.0 Å². The van der Waals surface area contributed by atoms with Crippen LogP contribution < -0.4 is 14.8 Å². The van der Waals surface area contributed by atoms with E-state index in [0.29, 0.717) is 34.3 Å². The predicted molar refractivity (Wildman–Crippen MR) is 116 cm³/mol. The highest BCUT2D eigenvalue weighted by molar-refractivity contribution is 5.95. The van der Waals surface area contributed by atoms with Gasteiger partial charge >= 0.3 is 0 Å². The number of carbonyl (C=O) groups is 1. The number of hydrogen-bond acceptors (Lipinski definition) is 7. The normalized spacial score (nSPS) is 15.2. The first-order valence-corrected chi connectivity index (χ1v) is 9.88. The second-order valence-corrected chi connectivity index (χ2v) is 7.27. The van der Waals surface area contributed by atoms with Crippen molar-refractivity contribution in [1.82, 2.24) is 29.7 Å². The lowest BCUT2D eigenvalue weighted by molar-refractivity contribution is -0.116. The Hall–Kier alpha value is -4.39. The van der Waals surface area contributed by atoms with E-state index in [-0.39, 0.29) is 24.9 Å². The lowest BCUT2D eigenvalue weighted by Crippen LogP contribution is -2.25. The molecule has 0 bridgehead atoms. The van der Waals surface area contributed by atoms with Crippen molar-refractivity contribution >= 4 is 22.9 Å². The number of amides is 1. The summed E-state index contributed by atoms with van der Waals surface area (Å²) >= 11 is 0. The van der Waals surface area contributed by atoms with Crippen molar-refractivity contribution in [2.24, 2.45) is 0 Å². The molecular weight excluding hydrogens is 410 g/mol. The maximum atomic E-state index is 12.7. The van der Waals surface area contributed by atoms with Crippen LogP contribution in [-0.4, -0.2) is 49.3 Å². The molecule has 4 heterocycles. The van der Waals surface area contributed by atoms with Crippen LogP contribution >= 0.6 is 0 Å². The van der Waals surface area contributed by atoms with Crippen molar-refractivity contribution in [2.45, 2.75) is 19.3 Å². The summed E-state index contributed by atoms with van der Waals surface area (Å²) in [6.45, 7) is 2.05. The van der Waals surface area contributed by atoms with E-state index in [2.05, 4.69) is 36.3 Å². The maximum Gasteiger partial charge on any atom is 0.226 e. The number of aromatic nitrogens is 6. The van der Waals surface area contributed by atoms with Crippen molar-refractivity contribution in [3.05, 3.63) is 47.7 Å². The molecule has 5 rings (SSSR count). The first-order chi connectivity index (χ1) is 15.6. The van der Waals surface area contributed by atoms with Crippen LogP contribution in [0.2, 0.25) is 0 Å². The fourth-order valence-corrected chi connectivity index (χ4v) is 4.04. The fraction of sp³-hybridized carbons (Fsp3) is 0.227. The molecule has 2 N–H and O–H groups in total. The molecule has 1 amide bonds. The Morgan fingerprint density at radius 3 is 2.97 bits per heavy atom. The number of H-pyrrole nitrogens is 1. The van der Waals surface area contributed by atoms with Gasteiger partial charge in [-0.25, -0.2) is 15.0 Å². The summed E-state index contributed by atoms with van der Waals surface area (Å²) in [6.07, 6.45) is 8.53. The second-order valence-electron chi connectivity index (χ2n) is 7.27. The van der Waals surface area contributed by atoms with Crippen molar-refractivity contribution in [2.75, 3.05) is 19.0 Å². The first kappa shape index (κ1) is 19.6. The third kappa shape index (κ3) is 3.11. The van der Waals surface area contributed by atoms with E-state index in [4.69, 9.17) is 15.9 Å². The van der Waals surface area contributed by atoms with Gasteiger partial charge in [0.05, 0.1) is 19.1 Å². The van der Waals surface area contributed by atoms with E-state index in [1.165, 1.54) is 6.33 Å². The highest BCUT2D eigenvalue weighted by atomic mass is 16.5. The average Bonchev–Trinajstić information content (AvgIpc) is 3.41. The van der Waals surface area contributed by atoms with Crippen LogP contribution in [0.4, 0.5) is 5.82 Å². The Labute approximate surface area is 183 Å². The number of aromatic amines is 1. The summed E-state index contributed by atoms with van der Waals surface area (Å²) < 4.78 is 12.7. The number of hydrogen-bond donors (Lipinski definition) is 2. The smallest absolute Gasteiger partial charge is 0.226 e. The van der Waals surface area contributed by atoms with Gasteiger partial charge in [-0.15, -0.1) is 6.42 Å². The molecule has 0 saturated heterocycles. The average molecular weight is 429 g/mol. The van der Waals surface area contributed by atoms with Crippen molar-refractivity contribution in [1.29, 1.82) is 0 Å². The number of carbonyl (C=O) groups excluding carboxylic acids is 1. The Bertz CT molecular complexity index is 1380. The minimum atomic E-state index is -0.220. The molecule has 1 aromatic carbocycles. The van der Waals surface area contributed by atoms with E-state index < -0.39 is 0 Å². The molecule has 1 aliphatic rings. The molecule has 160 valence electrons. The van der Waals surface area contributed by atoms with Crippen molar-refractivity contribution < 1.29 is 14.3 Å². The van der Waals surface area contributed by atoms with Crippen LogP contribution in [0.5, 0.6) is 11.5 Å². The standard InChI is InChI=1S/C22H19N7O3/c1-4-7-32-15-6-5-13(8-16(15)31-3)14-9-17(30)27-21-18(14)12(2)28-29(21)22-19-20(24-10-23-19)25-11-26-22/h1,5-6,8,10-11,14H,7,9H2,2-3H3,(H,27,30)(H,23,24,25,26). The molecule has 0 aliphatic carbocycles. The van der Waals surface area contributed by atoms with E-state index >= 15 is 0 Å². The van der Waals surface area contributed by atoms with Crippen LogP contribution in [0, 0.1) is 19.3 Å². The van der Waals surface area contributed by atoms with Crippen LogP contribution in [0.15, 0.2) is 30.9 Å². The van der Waals surface area contributed by atoms with Gasteiger partial charge in [-0.3, -0.25) is 4.79 Å². The Balaban J connectivity index is 1.63. The molecule has 0 radical (unpaired) electrons. The number of imidazole rings is 1. The van der Waals surface area contributed by atoms with E-state index in [9.17, 15) is 4.79 Å². The summed E-state index contributed by atoms with van der Waals surface area (Å²) in [5, 5.41) is 7.65. The van der Waals surface area contributed by atoms with Crippen LogP contribution in [0.1, 0.15) is 29.2 Å². The monoisotopic (exact) mass is 429 g/mol. The van der Waals surface area contributed by atoms with Gasteiger partial charge in [-0.2, -0.15) is 9.78 Å². The lowest BCUT2D eigenvalue weighted by Gasteiger charge is -2.25. The zero-order valence-electron chi connectivity index (χ0n) is 17.4. The minimum absolute atomic E-state index is 0.120. The summed E-state index contributed by atoms with van der Waals surface area (Å²) in [5.74, 6) is 4.28. The van der Waals surface area contributed by atoms with Gasteiger partial charge in [0.1, 0.15) is 24.3 Å². The fourth-order valence-electron chi connectivity index (χ4n) is 4.04. The van der Waals surface area contributed by atoms with Gasteiger partial charge in [-0.05, 0) is 24.6 Å². The van der Waals surface area contributed by atoms with Gasteiger partial charge in [0.25, 0.3) is 0 Å². The second kappa shape index (κ2) is 7.70. The SMILES string of the molecule is C#CCOc1ccc(C2CC(=O)Nc3c2c(C)nn3-c2ncnc3nc[nH]c23)cc1OC. The molecule has 0 fully saturated rings. The number of ether oxygens (including phenoxy) is 2. The van der Waals surface area contributed by atoms with Crippen LogP contribution in [0.3, 0.4) is 0 Å². The third-order valence-electron chi connectivity index (χ3n) is 5.41. The number of fused-ring (bicyclic) bond motifs is 2. The molecule has 32 heavy (non-hydrogen) atoms. The Kier molecular flexibility index (Phi) is 4.71. The molecule has 10 heteroatoms.